The highest BCUT2D eigenvalue weighted by Crippen LogP contribution is 2.18. The summed E-state index contributed by atoms with van der Waals surface area (Å²) in [5.41, 5.74) is 3.84. The summed E-state index contributed by atoms with van der Waals surface area (Å²) >= 11 is 0. The molecule has 0 aliphatic rings. The summed E-state index contributed by atoms with van der Waals surface area (Å²) in [6, 6.07) is 16.8. The molecule has 0 aliphatic carbocycles. The molecule has 2 aromatic carbocycles. The van der Waals surface area contributed by atoms with Crippen LogP contribution in [0.3, 0.4) is 0 Å². The van der Waals surface area contributed by atoms with E-state index in [1.54, 1.807) is 0 Å². The lowest BCUT2D eigenvalue weighted by atomic mass is 10.0. The molecule has 0 bridgehead atoms. The minimum atomic E-state index is 0.0332. The molecule has 118 valence electrons. The minimum Gasteiger partial charge on any atom is -0.491 e. The lowest BCUT2D eigenvalue weighted by molar-refractivity contribution is 0.200. The monoisotopic (exact) mass is 299 g/mol. The Morgan fingerprint density at radius 2 is 1.73 bits per heavy atom. The first-order chi connectivity index (χ1) is 10.7. The molecular formula is C19H25NO2. The maximum absolute atomic E-state index is 8.89. The number of benzene rings is 2. The van der Waals surface area contributed by atoms with E-state index in [0.717, 1.165) is 24.3 Å². The molecule has 2 rings (SSSR count). The fourth-order valence-corrected chi connectivity index (χ4v) is 2.47. The molecule has 2 N–H and O–H groups in total. The van der Waals surface area contributed by atoms with Gasteiger partial charge in [0.25, 0.3) is 0 Å². The van der Waals surface area contributed by atoms with Gasteiger partial charge in [-0.3, -0.25) is 0 Å². The first-order valence-corrected chi connectivity index (χ1v) is 7.80. The number of hydrogen-bond donors (Lipinski definition) is 2. The van der Waals surface area contributed by atoms with Crippen LogP contribution in [0.15, 0.2) is 48.5 Å². The maximum atomic E-state index is 8.89. The largest absolute Gasteiger partial charge is 0.491 e. The van der Waals surface area contributed by atoms with Crippen LogP contribution in [0.5, 0.6) is 5.75 Å². The van der Waals surface area contributed by atoms with Crippen LogP contribution in [0.1, 0.15) is 23.6 Å². The molecule has 0 fully saturated rings. The molecule has 3 nitrogen and oxygen atoms in total. The van der Waals surface area contributed by atoms with E-state index < -0.39 is 0 Å². The van der Waals surface area contributed by atoms with Crippen LogP contribution in [-0.2, 0) is 13.0 Å². The average Bonchev–Trinajstić information content (AvgIpc) is 2.54. The Bertz CT molecular complexity index is 583. The van der Waals surface area contributed by atoms with Crippen molar-refractivity contribution in [3.63, 3.8) is 0 Å². The first kappa shape index (κ1) is 16.5. The van der Waals surface area contributed by atoms with E-state index in [2.05, 4.69) is 49.5 Å². The van der Waals surface area contributed by atoms with Gasteiger partial charge in [-0.1, -0.05) is 42.5 Å². The summed E-state index contributed by atoms with van der Waals surface area (Å²) in [6.07, 6.45) is 1.01. The second-order valence-electron chi connectivity index (χ2n) is 5.59. The van der Waals surface area contributed by atoms with Crippen LogP contribution >= 0.6 is 0 Å². The standard InChI is InChI=1S/C19H25NO2/c1-15-7-3-4-8-17(15)13-16(2)20-14-18-9-5-6-10-19(18)22-12-11-21/h3-10,16,20-21H,11-14H2,1-2H3. The van der Waals surface area contributed by atoms with Gasteiger partial charge in [-0.15, -0.1) is 0 Å². The molecule has 3 heteroatoms. The zero-order chi connectivity index (χ0) is 15.8. The number of aryl methyl sites for hydroxylation is 1. The minimum absolute atomic E-state index is 0.0332. The van der Waals surface area contributed by atoms with Gasteiger partial charge in [0.05, 0.1) is 6.61 Å². The molecule has 0 spiro atoms. The van der Waals surface area contributed by atoms with E-state index in [9.17, 15) is 0 Å². The van der Waals surface area contributed by atoms with E-state index in [-0.39, 0.29) is 6.61 Å². The number of aliphatic hydroxyl groups is 1. The SMILES string of the molecule is Cc1ccccc1CC(C)NCc1ccccc1OCCO. The molecule has 0 aliphatic heterocycles. The van der Waals surface area contributed by atoms with Gasteiger partial charge >= 0.3 is 0 Å². The summed E-state index contributed by atoms with van der Waals surface area (Å²) in [5.74, 6) is 0.840. The number of para-hydroxylation sites is 1. The van der Waals surface area contributed by atoms with Crippen LogP contribution in [0, 0.1) is 6.92 Å². The zero-order valence-electron chi connectivity index (χ0n) is 13.4. The van der Waals surface area contributed by atoms with E-state index in [0.29, 0.717) is 12.6 Å². The summed E-state index contributed by atoms with van der Waals surface area (Å²) in [6.45, 7) is 5.47. The summed E-state index contributed by atoms with van der Waals surface area (Å²) in [5, 5.41) is 12.4. The molecule has 0 saturated heterocycles. The first-order valence-electron chi connectivity index (χ1n) is 7.80. The third kappa shape index (κ3) is 4.86. The Hall–Kier alpha value is -1.84. The number of nitrogens with one attached hydrogen (secondary N) is 1. The topological polar surface area (TPSA) is 41.5 Å². The van der Waals surface area contributed by atoms with Crippen LogP contribution < -0.4 is 10.1 Å². The van der Waals surface area contributed by atoms with Crippen molar-refractivity contribution in [2.75, 3.05) is 13.2 Å². The summed E-state index contributed by atoms with van der Waals surface area (Å²) in [7, 11) is 0. The van der Waals surface area contributed by atoms with Crippen molar-refractivity contribution in [1.82, 2.24) is 5.32 Å². The Morgan fingerprint density at radius 3 is 2.45 bits per heavy atom. The highest BCUT2D eigenvalue weighted by molar-refractivity contribution is 5.33. The Kier molecular flexibility index (Phi) is 6.44. The van der Waals surface area contributed by atoms with Crippen LogP contribution in [-0.4, -0.2) is 24.4 Å². The van der Waals surface area contributed by atoms with Gasteiger partial charge in [0, 0.05) is 18.2 Å². The number of rotatable bonds is 8. The molecular weight excluding hydrogens is 274 g/mol. The predicted molar refractivity (Wildman–Crippen MR) is 90.2 cm³/mol. The lowest BCUT2D eigenvalue weighted by Crippen LogP contribution is -2.28. The second-order valence-corrected chi connectivity index (χ2v) is 5.59. The molecule has 1 unspecified atom stereocenters. The van der Waals surface area contributed by atoms with Gasteiger partial charge in [0.15, 0.2) is 0 Å². The summed E-state index contributed by atoms with van der Waals surface area (Å²) < 4.78 is 5.57. The van der Waals surface area contributed by atoms with Crippen molar-refractivity contribution in [3.05, 3.63) is 65.2 Å². The van der Waals surface area contributed by atoms with Crippen molar-refractivity contribution < 1.29 is 9.84 Å². The Morgan fingerprint density at radius 1 is 1.05 bits per heavy atom. The number of ether oxygens (including phenoxy) is 1. The van der Waals surface area contributed by atoms with Crippen molar-refractivity contribution in [1.29, 1.82) is 0 Å². The molecule has 0 heterocycles. The Balaban J connectivity index is 1.91. The second kappa shape index (κ2) is 8.57. The molecule has 0 radical (unpaired) electrons. The van der Waals surface area contributed by atoms with Crippen molar-refractivity contribution in [3.8, 4) is 5.75 Å². The fraction of sp³-hybridized carbons (Fsp3) is 0.368. The third-order valence-electron chi connectivity index (χ3n) is 3.75. The third-order valence-corrected chi connectivity index (χ3v) is 3.75. The molecule has 1 atom stereocenters. The molecule has 0 saturated carbocycles. The number of aliphatic hydroxyl groups excluding tert-OH is 1. The van der Waals surface area contributed by atoms with Crippen LogP contribution in [0.4, 0.5) is 0 Å². The van der Waals surface area contributed by atoms with Gasteiger partial charge in [0.1, 0.15) is 12.4 Å². The normalized spacial score (nSPS) is 12.1. The van der Waals surface area contributed by atoms with Crippen LogP contribution in [0.25, 0.3) is 0 Å². The van der Waals surface area contributed by atoms with E-state index in [4.69, 9.17) is 9.84 Å². The molecule has 0 amide bonds. The van der Waals surface area contributed by atoms with Gasteiger partial charge < -0.3 is 15.2 Å². The highest BCUT2D eigenvalue weighted by Gasteiger charge is 2.07. The van der Waals surface area contributed by atoms with E-state index in [1.165, 1.54) is 11.1 Å². The molecule has 2 aromatic rings. The van der Waals surface area contributed by atoms with Crippen molar-refractivity contribution >= 4 is 0 Å². The van der Waals surface area contributed by atoms with Gasteiger partial charge in [0.2, 0.25) is 0 Å². The fourth-order valence-electron chi connectivity index (χ4n) is 2.47. The summed E-state index contributed by atoms with van der Waals surface area (Å²) in [4.78, 5) is 0. The van der Waals surface area contributed by atoms with Crippen molar-refractivity contribution in [2.24, 2.45) is 0 Å². The van der Waals surface area contributed by atoms with E-state index >= 15 is 0 Å². The number of hydrogen-bond acceptors (Lipinski definition) is 3. The quantitative estimate of drug-likeness (QED) is 0.787. The maximum Gasteiger partial charge on any atom is 0.123 e. The van der Waals surface area contributed by atoms with Gasteiger partial charge in [-0.05, 0) is 37.5 Å². The van der Waals surface area contributed by atoms with Gasteiger partial charge in [-0.25, -0.2) is 0 Å². The average molecular weight is 299 g/mol. The molecule has 0 aromatic heterocycles. The zero-order valence-corrected chi connectivity index (χ0v) is 13.4. The highest BCUT2D eigenvalue weighted by atomic mass is 16.5. The predicted octanol–water partition coefficient (Wildman–Crippen LogP) is 3.09. The molecule has 22 heavy (non-hydrogen) atoms. The Labute approximate surface area is 133 Å². The smallest absolute Gasteiger partial charge is 0.123 e. The van der Waals surface area contributed by atoms with E-state index in [1.807, 2.05) is 18.2 Å². The van der Waals surface area contributed by atoms with Crippen LogP contribution in [0.2, 0.25) is 0 Å². The van der Waals surface area contributed by atoms with Crippen molar-refractivity contribution in [2.45, 2.75) is 32.9 Å². The van der Waals surface area contributed by atoms with Gasteiger partial charge in [-0.2, -0.15) is 0 Å². The lowest BCUT2D eigenvalue weighted by Gasteiger charge is -2.17.